The van der Waals surface area contributed by atoms with E-state index in [0.717, 1.165) is 11.3 Å². The van der Waals surface area contributed by atoms with E-state index < -0.39 is 0 Å². The van der Waals surface area contributed by atoms with Gasteiger partial charge in [0.1, 0.15) is 0 Å². The molecule has 2 atom stereocenters. The third-order valence-corrected chi connectivity index (χ3v) is 2.92. The van der Waals surface area contributed by atoms with E-state index in [9.17, 15) is 9.59 Å². The van der Waals surface area contributed by atoms with Crippen molar-refractivity contribution in [1.82, 2.24) is 5.32 Å². The third kappa shape index (κ3) is 6.04. The van der Waals surface area contributed by atoms with Crippen molar-refractivity contribution in [2.75, 3.05) is 5.32 Å². The first-order valence-corrected chi connectivity index (χ1v) is 6.30. The molecule has 1 rings (SSSR count). The minimum absolute atomic E-state index is 0. The fourth-order valence-electron chi connectivity index (χ4n) is 1.55. The summed E-state index contributed by atoms with van der Waals surface area (Å²) in [6, 6.07) is 7.19. The lowest BCUT2D eigenvalue weighted by atomic mass is 10.0. The van der Waals surface area contributed by atoms with Crippen LogP contribution in [0.25, 0.3) is 0 Å². The van der Waals surface area contributed by atoms with E-state index in [2.05, 4.69) is 10.6 Å². The topological polar surface area (TPSA) is 84.2 Å². The Labute approximate surface area is 125 Å². The summed E-state index contributed by atoms with van der Waals surface area (Å²) in [5.41, 5.74) is 7.33. The maximum atomic E-state index is 11.8. The number of hydrogen-bond acceptors (Lipinski definition) is 3. The first kappa shape index (κ1) is 18.4. The van der Waals surface area contributed by atoms with Crippen LogP contribution in [0, 0.1) is 5.92 Å². The number of halogens is 1. The Balaban J connectivity index is 0.00000361. The number of hydrogen-bond donors (Lipinski definition) is 3. The zero-order chi connectivity index (χ0) is 14.4. The Morgan fingerprint density at radius 1 is 1.30 bits per heavy atom. The minimum Gasteiger partial charge on any atom is -0.352 e. The number of nitrogens with one attached hydrogen (secondary N) is 2. The van der Waals surface area contributed by atoms with E-state index in [1.54, 1.807) is 13.0 Å². The number of amides is 2. The molecule has 0 aliphatic carbocycles. The third-order valence-electron chi connectivity index (χ3n) is 2.92. The maximum absolute atomic E-state index is 11.8. The highest BCUT2D eigenvalue weighted by atomic mass is 35.5. The highest BCUT2D eigenvalue weighted by Crippen LogP contribution is 2.10. The molecule has 20 heavy (non-hydrogen) atoms. The summed E-state index contributed by atoms with van der Waals surface area (Å²) in [5, 5.41) is 5.53. The van der Waals surface area contributed by atoms with Crippen LogP contribution < -0.4 is 16.4 Å². The van der Waals surface area contributed by atoms with Crippen molar-refractivity contribution in [2.24, 2.45) is 11.7 Å². The summed E-state index contributed by atoms with van der Waals surface area (Å²) in [6.45, 7) is 5.48. The van der Waals surface area contributed by atoms with Gasteiger partial charge >= 0.3 is 0 Å². The van der Waals surface area contributed by atoms with Gasteiger partial charge in [0.05, 0.1) is 0 Å². The van der Waals surface area contributed by atoms with E-state index in [0.29, 0.717) is 6.54 Å². The van der Waals surface area contributed by atoms with Crippen LogP contribution in [-0.4, -0.2) is 17.9 Å². The molecule has 0 spiro atoms. The van der Waals surface area contributed by atoms with Gasteiger partial charge in [-0.1, -0.05) is 19.1 Å². The highest BCUT2D eigenvalue weighted by molar-refractivity contribution is 5.88. The van der Waals surface area contributed by atoms with Crippen LogP contribution in [0.5, 0.6) is 0 Å². The molecule has 2 unspecified atom stereocenters. The molecule has 0 aromatic heterocycles. The molecule has 112 valence electrons. The zero-order valence-corrected chi connectivity index (χ0v) is 12.8. The molecule has 0 aliphatic heterocycles. The lowest BCUT2D eigenvalue weighted by molar-refractivity contribution is -0.125. The van der Waals surface area contributed by atoms with Gasteiger partial charge in [-0.15, -0.1) is 12.4 Å². The number of carbonyl (C=O) groups excluding carboxylic acids is 2. The van der Waals surface area contributed by atoms with Crippen molar-refractivity contribution in [2.45, 2.75) is 33.4 Å². The average Bonchev–Trinajstić information content (AvgIpc) is 2.34. The summed E-state index contributed by atoms with van der Waals surface area (Å²) in [5.74, 6) is -0.412. The molecule has 4 N–H and O–H groups in total. The zero-order valence-electron chi connectivity index (χ0n) is 12.0. The Bertz CT molecular complexity index is 463. The van der Waals surface area contributed by atoms with Crippen LogP contribution in [0.1, 0.15) is 26.3 Å². The first-order valence-electron chi connectivity index (χ1n) is 6.30. The van der Waals surface area contributed by atoms with Crippen LogP contribution in [0.2, 0.25) is 0 Å². The van der Waals surface area contributed by atoms with E-state index in [1.165, 1.54) is 6.92 Å². The molecule has 0 aliphatic rings. The van der Waals surface area contributed by atoms with Crippen molar-refractivity contribution < 1.29 is 9.59 Å². The lowest BCUT2D eigenvalue weighted by Gasteiger charge is -2.15. The highest BCUT2D eigenvalue weighted by Gasteiger charge is 2.16. The van der Waals surface area contributed by atoms with E-state index >= 15 is 0 Å². The van der Waals surface area contributed by atoms with Gasteiger partial charge < -0.3 is 16.4 Å². The van der Waals surface area contributed by atoms with Crippen LogP contribution in [0.3, 0.4) is 0 Å². The number of anilines is 1. The molecule has 0 fully saturated rings. The molecule has 5 nitrogen and oxygen atoms in total. The molecular formula is C14H22ClN3O2. The smallest absolute Gasteiger partial charge is 0.224 e. The molecule has 0 saturated carbocycles. The Hall–Kier alpha value is -1.59. The largest absolute Gasteiger partial charge is 0.352 e. The Kier molecular flexibility index (Phi) is 7.87. The summed E-state index contributed by atoms with van der Waals surface area (Å²) < 4.78 is 0. The fourth-order valence-corrected chi connectivity index (χ4v) is 1.55. The van der Waals surface area contributed by atoms with Gasteiger partial charge in [-0.2, -0.15) is 0 Å². The van der Waals surface area contributed by atoms with Crippen molar-refractivity contribution in [3.8, 4) is 0 Å². The molecule has 0 bridgehead atoms. The molecule has 1 aromatic rings. The molecule has 0 saturated heterocycles. The summed E-state index contributed by atoms with van der Waals surface area (Å²) in [7, 11) is 0. The molecular weight excluding hydrogens is 278 g/mol. The van der Waals surface area contributed by atoms with Gasteiger partial charge in [-0.25, -0.2) is 0 Å². The molecule has 6 heteroatoms. The predicted octanol–water partition coefficient (Wildman–Crippen LogP) is 1.67. The second-order valence-corrected chi connectivity index (χ2v) is 4.75. The van der Waals surface area contributed by atoms with Crippen molar-refractivity contribution in [3.63, 3.8) is 0 Å². The van der Waals surface area contributed by atoms with Crippen LogP contribution >= 0.6 is 12.4 Å². The van der Waals surface area contributed by atoms with Crippen LogP contribution in [0.4, 0.5) is 5.69 Å². The van der Waals surface area contributed by atoms with Gasteiger partial charge in [-0.3, -0.25) is 9.59 Å². The fraction of sp³-hybridized carbons (Fsp3) is 0.429. The minimum atomic E-state index is -0.224. The summed E-state index contributed by atoms with van der Waals surface area (Å²) in [6.07, 6.45) is 0. The average molecular weight is 300 g/mol. The molecule has 0 radical (unpaired) electrons. The predicted molar refractivity (Wildman–Crippen MR) is 82.7 cm³/mol. The standard InChI is InChI=1S/C14H21N3O2.ClH/c1-9(10(2)15)14(19)16-8-12-5-4-6-13(7-12)17-11(3)18;/h4-7,9-10H,8,15H2,1-3H3,(H,16,19)(H,17,18);1H. The maximum Gasteiger partial charge on any atom is 0.224 e. The van der Waals surface area contributed by atoms with Crippen molar-refractivity contribution >= 4 is 29.9 Å². The van der Waals surface area contributed by atoms with Gasteiger partial charge in [0.25, 0.3) is 0 Å². The second kappa shape index (κ2) is 8.55. The van der Waals surface area contributed by atoms with Gasteiger partial charge in [0.2, 0.25) is 11.8 Å². The number of nitrogens with two attached hydrogens (primary N) is 1. The normalized spacial score (nSPS) is 12.8. The van der Waals surface area contributed by atoms with Crippen LogP contribution in [0.15, 0.2) is 24.3 Å². The second-order valence-electron chi connectivity index (χ2n) is 4.75. The number of carbonyl (C=O) groups is 2. The summed E-state index contributed by atoms with van der Waals surface area (Å²) >= 11 is 0. The number of benzene rings is 1. The van der Waals surface area contributed by atoms with Crippen molar-refractivity contribution in [1.29, 1.82) is 0 Å². The monoisotopic (exact) mass is 299 g/mol. The lowest BCUT2D eigenvalue weighted by Crippen LogP contribution is -2.38. The van der Waals surface area contributed by atoms with Crippen molar-refractivity contribution in [3.05, 3.63) is 29.8 Å². The first-order chi connectivity index (χ1) is 8.90. The summed E-state index contributed by atoms with van der Waals surface area (Å²) in [4.78, 5) is 22.7. The molecule has 0 heterocycles. The van der Waals surface area contributed by atoms with E-state index in [4.69, 9.17) is 5.73 Å². The SMILES string of the molecule is CC(=O)Nc1cccc(CNC(=O)C(C)C(C)N)c1.Cl. The molecule has 1 aromatic carbocycles. The van der Waals surface area contributed by atoms with E-state index in [1.807, 2.05) is 25.1 Å². The Morgan fingerprint density at radius 2 is 1.95 bits per heavy atom. The van der Waals surface area contributed by atoms with Crippen LogP contribution in [-0.2, 0) is 16.1 Å². The Morgan fingerprint density at radius 3 is 2.50 bits per heavy atom. The quantitative estimate of drug-likeness (QED) is 0.773. The van der Waals surface area contributed by atoms with Gasteiger partial charge in [-0.05, 0) is 24.6 Å². The number of rotatable bonds is 5. The molecule has 2 amide bonds. The van der Waals surface area contributed by atoms with Gasteiger partial charge in [0, 0.05) is 31.1 Å². The van der Waals surface area contributed by atoms with E-state index in [-0.39, 0.29) is 36.2 Å². The van der Waals surface area contributed by atoms with Gasteiger partial charge in [0.15, 0.2) is 0 Å².